The maximum atomic E-state index is 13.8. The van der Waals surface area contributed by atoms with Crippen LogP contribution >= 0.6 is 15.9 Å². The lowest BCUT2D eigenvalue weighted by atomic mass is 10.1. The summed E-state index contributed by atoms with van der Waals surface area (Å²) in [4.78, 5) is 12.0. The van der Waals surface area contributed by atoms with Gasteiger partial charge in [-0.2, -0.15) is 5.10 Å². The third-order valence-corrected chi connectivity index (χ3v) is 3.81. The molecule has 104 valence electrons. The maximum absolute atomic E-state index is 13.8. The van der Waals surface area contributed by atoms with Crippen LogP contribution in [0.3, 0.4) is 0 Å². The van der Waals surface area contributed by atoms with E-state index in [2.05, 4.69) is 26.3 Å². The van der Waals surface area contributed by atoms with Gasteiger partial charge in [-0.25, -0.2) is 9.07 Å². The number of halogens is 2. The number of hydrogen-bond donors (Lipinski definition) is 1. The summed E-state index contributed by atoms with van der Waals surface area (Å²) >= 11 is 3.21. The Morgan fingerprint density at radius 1 is 1.40 bits per heavy atom. The Morgan fingerprint density at radius 3 is 3.05 bits per heavy atom. The van der Waals surface area contributed by atoms with Crippen LogP contribution in [0.4, 0.5) is 10.1 Å². The molecule has 0 amide bonds. The van der Waals surface area contributed by atoms with E-state index >= 15 is 0 Å². The monoisotopic (exact) mass is 337 g/mol. The summed E-state index contributed by atoms with van der Waals surface area (Å²) in [5.41, 5.74) is 1.90. The third kappa shape index (κ3) is 2.60. The highest BCUT2D eigenvalue weighted by atomic mass is 79.9. The molecule has 0 radical (unpaired) electrons. The lowest BCUT2D eigenvalue weighted by molar-refractivity contribution is 0.562. The third-order valence-electron chi connectivity index (χ3n) is 3.32. The molecule has 0 spiro atoms. The molecular formula is C14H13BrFN3O. The molecule has 2 aromatic rings. The van der Waals surface area contributed by atoms with Crippen LogP contribution in [-0.2, 0) is 13.0 Å². The number of aryl methyl sites for hydroxylation is 1. The number of rotatable bonds is 2. The maximum Gasteiger partial charge on any atom is 0.269 e. The van der Waals surface area contributed by atoms with Crippen molar-refractivity contribution in [1.29, 1.82) is 0 Å². The summed E-state index contributed by atoms with van der Waals surface area (Å²) in [5.74, 6) is -0.344. The molecule has 1 aliphatic heterocycles. The summed E-state index contributed by atoms with van der Waals surface area (Å²) in [6.45, 7) is 1.00. The fourth-order valence-electron chi connectivity index (χ4n) is 2.27. The fraction of sp³-hybridized carbons (Fsp3) is 0.286. The first-order valence-corrected chi connectivity index (χ1v) is 7.21. The molecule has 1 aliphatic rings. The lowest BCUT2D eigenvalue weighted by Gasteiger charge is -2.17. The van der Waals surface area contributed by atoms with Gasteiger partial charge >= 0.3 is 0 Å². The summed E-state index contributed by atoms with van der Waals surface area (Å²) in [5, 5.41) is 7.49. The first-order chi connectivity index (χ1) is 9.63. The van der Waals surface area contributed by atoms with Gasteiger partial charge in [-0.3, -0.25) is 4.79 Å². The molecule has 1 aromatic heterocycles. The normalized spacial score (nSPS) is 13.7. The smallest absolute Gasteiger partial charge is 0.269 e. The van der Waals surface area contributed by atoms with Crippen molar-refractivity contribution in [2.45, 2.75) is 19.4 Å². The molecule has 0 atom stereocenters. The average molecular weight is 338 g/mol. The van der Waals surface area contributed by atoms with Gasteiger partial charge in [-0.15, -0.1) is 0 Å². The van der Waals surface area contributed by atoms with Crippen molar-refractivity contribution in [1.82, 2.24) is 9.78 Å². The van der Waals surface area contributed by atoms with Crippen molar-refractivity contribution >= 4 is 21.6 Å². The predicted molar refractivity (Wildman–Crippen MR) is 78.5 cm³/mol. The topological polar surface area (TPSA) is 46.9 Å². The first-order valence-electron chi connectivity index (χ1n) is 6.42. The van der Waals surface area contributed by atoms with Crippen molar-refractivity contribution in [3.05, 3.63) is 56.2 Å². The van der Waals surface area contributed by atoms with E-state index in [0.29, 0.717) is 10.0 Å². The minimum Gasteiger partial charge on any atom is -0.383 e. The van der Waals surface area contributed by atoms with Crippen molar-refractivity contribution < 1.29 is 4.39 Å². The van der Waals surface area contributed by atoms with Crippen LogP contribution in [0, 0.1) is 5.82 Å². The molecular weight excluding hydrogens is 325 g/mol. The predicted octanol–water partition coefficient (Wildman–Crippen LogP) is 2.55. The zero-order valence-corrected chi connectivity index (χ0v) is 12.3. The van der Waals surface area contributed by atoms with Gasteiger partial charge in [-0.05, 0) is 25.0 Å². The molecule has 2 heterocycles. The summed E-state index contributed by atoms with van der Waals surface area (Å²) in [6, 6.07) is 6.34. The van der Waals surface area contributed by atoms with E-state index in [4.69, 9.17) is 0 Å². The highest BCUT2D eigenvalue weighted by molar-refractivity contribution is 9.10. The number of hydrogen-bond acceptors (Lipinski definition) is 3. The van der Waals surface area contributed by atoms with Crippen LogP contribution in [0.1, 0.15) is 17.7 Å². The average Bonchev–Trinajstić information content (AvgIpc) is 2.42. The van der Waals surface area contributed by atoms with Crippen molar-refractivity contribution in [2.24, 2.45) is 0 Å². The summed E-state index contributed by atoms with van der Waals surface area (Å²) < 4.78 is 15.8. The molecule has 1 N–H and O–H groups in total. The first kappa shape index (κ1) is 13.3. The minimum absolute atomic E-state index is 0.144. The molecule has 4 nitrogen and oxygen atoms in total. The standard InChI is InChI=1S/C14H13BrFN3O/c15-10-4-3-9(11(16)6-10)8-19-14(20)7-13-12(18-19)2-1-5-17-13/h3-4,6-7,17H,1-2,5,8H2. The van der Waals surface area contributed by atoms with E-state index in [1.54, 1.807) is 12.1 Å². The van der Waals surface area contributed by atoms with E-state index in [9.17, 15) is 9.18 Å². The van der Waals surface area contributed by atoms with E-state index in [0.717, 1.165) is 30.8 Å². The minimum atomic E-state index is -0.344. The van der Waals surface area contributed by atoms with Crippen LogP contribution in [0.2, 0.25) is 0 Å². The lowest BCUT2D eigenvalue weighted by Crippen LogP contribution is -2.27. The number of benzene rings is 1. The second kappa shape index (κ2) is 5.36. The Morgan fingerprint density at radius 2 is 2.25 bits per heavy atom. The van der Waals surface area contributed by atoms with Crippen LogP contribution in [0.25, 0.3) is 0 Å². The van der Waals surface area contributed by atoms with Gasteiger partial charge in [0, 0.05) is 22.6 Å². The number of nitrogens with zero attached hydrogens (tertiary/aromatic N) is 2. The molecule has 0 saturated heterocycles. The summed E-state index contributed by atoms with van der Waals surface area (Å²) in [7, 11) is 0. The highest BCUT2D eigenvalue weighted by Crippen LogP contribution is 2.18. The molecule has 0 bridgehead atoms. The van der Waals surface area contributed by atoms with Gasteiger partial charge in [0.2, 0.25) is 0 Å². The Balaban J connectivity index is 1.96. The molecule has 0 aliphatic carbocycles. The highest BCUT2D eigenvalue weighted by Gasteiger charge is 2.13. The summed E-state index contributed by atoms with van der Waals surface area (Å²) in [6.07, 6.45) is 1.83. The van der Waals surface area contributed by atoms with Gasteiger partial charge in [-0.1, -0.05) is 22.0 Å². The Hall–Kier alpha value is -1.69. The van der Waals surface area contributed by atoms with Crippen LogP contribution < -0.4 is 10.9 Å². The molecule has 0 fully saturated rings. The van der Waals surface area contributed by atoms with Gasteiger partial charge in [0.25, 0.3) is 5.56 Å². The van der Waals surface area contributed by atoms with Crippen LogP contribution in [0.15, 0.2) is 33.5 Å². The number of nitrogens with one attached hydrogen (secondary N) is 1. The second-order valence-electron chi connectivity index (χ2n) is 4.77. The Kier molecular flexibility index (Phi) is 3.56. The number of aromatic nitrogens is 2. The van der Waals surface area contributed by atoms with E-state index in [1.807, 2.05) is 0 Å². The molecule has 0 saturated carbocycles. The van der Waals surface area contributed by atoms with Gasteiger partial charge in [0.1, 0.15) is 5.82 Å². The molecule has 3 rings (SSSR count). The van der Waals surface area contributed by atoms with Gasteiger partial charge in [0.05, 0.1) is 17.9 Å². The quantitative estimate of drug-likeness (QED) is 0.916. The molecule has 1 aromatic carbocycles. The largest absolute Gasteiger partial charge is 0.383 e. The number of anilines is 1. The van der Waals surface area contributed by atoms with Crippen molar-refractivity contribution in [3.8, 4) is 0 Å². The molecule has 20 heavy (non-hydrogen) atoms. The van der Waals surface area contributed by atoms with E-state index in [1.165, 1.54) is 16.8 Å². The molecule has 6 heteroatoms. The molecule has 0 unspecified atom stereocenters. The van der Waals surface area contributed by atoms with E-state index < -0.39 is 0 Å². The van der Waals surface area contributed by atoms with Crippen LogP contribution in [0.5, 0.6) is 0 Å². The zero-order chi connectivity index (χ0) is 14.1. The fourth-order valence-corrected chi connectivity index (χ4v) is 2.60. The number of fused-ring (bicyclic) bond motifs is 1. The van der Waals surface area contributed by atoms with E-state index in [-0.39, 0.29) is 17.9 Å². The Labute approximate surface area is 123 Å². The van der Waals surface area contributed by atoms with Crippen molar-refractivity contribution in [3.63, 3.8) is 0 Å². The van der Waals surface area contributed by atoms with Crippen molar-refractivity contribution in [2.75, 3.05) is 11.9 Å². The SMILES string of the molecule is O=c1cc2c(nn1Cc1ccc(Br)cc1F)CCCN2. The van der Waals surface area contributed by atoms with Gasteiger partial charge < -0.3 is 5.32 Å². The second-order valence-corrected chi connectivity index (χ2v) is 5.68. The zero-order valence-electron chi connectivity index (χ0n) is 10.7. The Bertz CT molecular complexity index is 714. The van der Waals surface area contributed by atoms with Gasteiger partial charge in [0.15, 0.2) is 0 Å². The van der Waals surface area contributed by atoms with Crippen LogP contribution in [-0.4, -0.2) is 16.3 Å².